The molecule has 0 bridgehead atoms. The summed E-state index contributed by atoms with van der Waals surface area (Å²) in [5.41, 5.74) is 3.70. The summed E-state index contributed by atoms with van der Waals surface area (Å²) in [6.45, 7) is 4.40. The molecule has 0 aromatic heterocycles. The van der Waals surface area contributed by atoms with Crippen LogP contribution in [0.4, 0.5) is 10.1 Å². The number of aryl methyl sites for hydroxylation is 2. The summed E-state index contributed by atoms with van der Waals surface area (Å²) in [6, 6.07) is 10.1. The average Bonchev–Trinajstić information content (AvgIpc) is 2.35. The van der Waals surface area contributed by atoms with E-state index in [1.54, 1.807) is 12.1 Å². The van der Waals surface area contributed by atoms with Gasteiger partial charge in [0, 0.05) is 12.2 Å². The van der Waals surface area contributed by atoms with Crippen molar-refractivity contribution >= 4 is 5.69 Å². The molecule has 0 saturated carbocycles. The molecule has 0 aliphatic heterocycles. The van der Waals surface area contributed by atoms with E-state index in [1.165, 1.54) is 12.1 Å². The second-order valence-corrected chi connectivity index (χ2v) is 4.44. The fourth-order valence-electron chi connectivity index (χ4n) is 1.92. The van der Waals surface area contributed by atoms with E-state index in [1.807, 2.05) is 26.0 Å². The number of aromatic hydroxyl groups is 1. The molecule has 0 amide bonds. The molecule has 0 heterocycles. The molecule has 2 rings (SSSR count). The maximum Gasteiger partial charge on any atom is 0.123 e. The van der Waals surface area contributed by atoms with E-state index in [4.69, 9.17) is 0 Å². The highest BCUT2D eigenvalue weighted by Gasteiger charge is 2.03. The molecule has 2 N–H and O–H groups in total. The monoisotopic (exact) mass is 245 g/mol. The molecule has 3 heteroatoms. The zero-order valence-electron chi connectivity index (χ0n) is 10.5. The Morgan fingerprint density at radius 3 is 2.17 bits per heavy atom. The summed E-state index contributed by atoms with van der Waals surface area (Å²) in [7, 11) is 0. The van der Waals surface area contributed by atoms with Crippen LogP contribution in [0.15, 0.2) is 36.4 Å². The third-order valence-electron chi connectivity index (χ3n) is 2.89. The van der Waals surface area contributed by atoms with Crippen LogP contribution < -0.4 is 5.32 Å². The molecule has 0 saturated heterocycles. The molecule has 2 nitrogen and oxygen atoms in total. The number of hydrogen-bond donors (Lipinski definition) is 2. The Labute approximate surface area is 106 Å². The Kier molecular flexibility index (Phi) is 3.51. The first-order valence-electron chi connectivity index (χ1n) is 5.85. The Morgan fingerprint density at radius 1 is 1.06 bits per heavy atom. The van der Waals surface area contributed by atoms with E-state index >= 15 is 0 Å². The van der Waals surface area contributed by atoms with E-state index in [-0.39, 0.29) is 5.82 Å². The summed E-state index contributed by atoms with van der Waals surface area (Å²) in [5.74, 6) is 0.109. The van der Waals surface area contributed by atoms with E-state index in [0.29, 0.717) is 12.3 Å². The number of hydrogen-bond acceptors (Lipinski definition) is 2. The van der Waals surface area contributed by atoms with Crippen LogP contribution in [0.25, 0.3) is 0 Å². The minimum absolute atomic E-state index is 0.239. The molecule has 2 aromatic carbocycles. The number of anilines is 1. The van der Waals surface area contributed by atoms with Gasteiger partial charge in [-0.15, -0.1) is 0 Å². The number of benzene rings is 2. The van der Waals surface area contributed by atoms with Gasteiger partial charge >= 0.3 is 0 Å². The van der Waals surface area contributed by atoms with Gasteiger partial charge in [-0.25, -0.2) is 4.39 Å². The lowest BCUT2D eigenvalue weighted by Crippen LogP contribution is -2.00. The maximum atomic E-state index is 12.7. The standard InChI is InChI=1S/C15H16FNO/c1-10-7-12(8-11(2)15(10)18)9-17-14-5-3-13(16)4-6-14/h3-8,17-18H,9H2,1-2H3. The van der Waals surface area contributed by atoms with Crippen molar-refractivity contribution in [3.63, 3.8) is 0 Å². The number of nitrogens with one attached hydrogen (secondary N) is 1. The second-order valence-electron chi connectivity index (χ2n) is 4.44. The van der Waals surface area contributed by atoms with Gasteiger partial charge in [0.25, 0.3) is 0 Å². The van der Waals surface area contributed by atoms with Crippen molar-refractivity contribution in [1.29, 1.82) is 0 Å². The molecule has 0 radical (unpaired) electrons. The van der Waals surface area contributed by atoms with Gasteiger partial charge in [-0.1, -0.05) is 12.1 Å². The van der Waals surface area contributed by atoms with Crippen molar-refractivity contribution in [3.05, 3.63) is 58.9 Å². The number of rotatable bonds is 3. The quantitative estimate of drug-likeness (QED) is 0.863. The number of phenols is 1. The van der Waals surface area contributed by atoms with E-state index in [2.05, 4.69) is 5.32 Å². The lowest BCUT2D eigenvalue weighted by Gasteiger charge is -2.10. The minimum Gasteiger partial charge on any atom is -0.507 e. The molecule has 0 spiro atoms. The Morgan fingerprint density at radius 2 is 1.61 bits per heavy atom. The van der Waals surface area contributed by atoms with Crippen LogP contribution in [0, 0.1) is 19.7 Å². The van der Waals surface area contributed by atoms with Crippen molar-refractivity contribution in [2.45, 2.75) is 20.4 Å². The van der Waals surface area contributed by atoms with Gasteiger partial charge < -0.3 is 10.4 Å². The fraction of sp³-hybridized carbons (Fsp3) is 0.200. The Balaban J connectivity index is 2.08. The molecule has 0 atom stereocenters. The summed E-state index contributed by atoms with van der Waals surface area (Å²) in [4.78, 5) is 0. The highest BCUT2D eigenvalue weighted by atomic mass is 19.1. The van der Waals surface area contributed by atoms with Crippen LogP contribution in [-0.4, -0.2) is 5.11 Å². The molecule has 94 valence electrons. The molecule has 0 unspecified atom stereocenters. The molecule has 0 aliphatic carbocycles. The molecule has 18 heavy (non-hydrogen) atoms. The smallest absolute Gasteiger partial charge is 0.123 e. The largest absolute Gasteiger partial charge is 0.507 e. The summed E-state index contributed by atoms with van der Waals surface area (Å²) in [6.07, 6.45) is 0. The predicted octanol–water partition coefficient (Wildman–Crippen LogP) is 3.76. The molecular weight excluding hydrogens is 229 g/mol. The maximum absolute atomic E-state index is 12.7. The minimum atomic E-state index is -0.239. The van der Waals surface area contributed by atoms with Gasteiger partial charge in [-0.2, -0.15) is 0 Å². The zero-order valence-corrected chi connectivity index (χ0v) is 10.5. The lowest BCUT2D eigenvalue weighted by molar-refractivity contribution is 0.466. The van der Waals surface area contributed by atoms with Gasteiger partial charge in [0.05, 0.1) is 0 Å². The number of phenolic OH excluding ortho intramolecular Hbond substituents is 1. The Hall–Kier alpha value is -2.03. The first-order chi connectivity index (χ1) is 8.56. The van der Waals surface area contributed by atoms with Crippen LogP contribution >= 0.6 is 0 Å². The summed E-state index contributed by atoms with van der Waals surface area (Å²) in [5, 5.41) is 12.9. The van der Waals surface area contributed by atoms with Crippen LogP contribution in [0.1, 0.15) is 16.7 Å². The zero-order chi connectivity index (χ0) is 13.1. The average molecular weight is 245 g/mol. The predicted molar refractivity (Wildman–Crippen MR) is 71.3 cm³/mol. The highest BCUT2D eigenvalue weighted by molar-refractivity contribution is 5.46. The van der Waals surface area contributed by atoms with Gasteiger partial charge in [-0.3, -0.25) is 0 Å². The van der Waals surface area contributed by atoms with Crippen LogP contribution in [0.2, 0.25) is 0 Å². The van der Waals surface area contributed by atoms with E-state index in [0.717, 1.165) is 22.4 Å². The molecular formula is C15H16FNO. The molecule has 2 aromatic rings. The molecule has 0 aliphatic rings. The topological polar surface area (TPSA) is 32.3 Å². The third-order valence-corrected chi connectivity index (χ3v) is 2.89. The summed E-state index contributed by atoms with van der Waals surface area (Å²) < 4.78 is 12.7. The first kappa shape index (κ1) is 12.4. The van der Waals surface area contributed by atoms with Crippen molar-refractivity contribution in [1.82, 2.24) is 0 Å². The van der Waals surface area contributed by atoms with Gasteiger partial charge in [0.1, 0.15) is 11.6 Å². The normalized spacial score (nSPS) is 10.4. The van der Waals surface area contributed by atoms with Crippen LogP contribution in [0.5, 0.6) is 5.75 Å². The number of halogens is 1. The second kappa shape index (κ2) is 5.08. The Bertz CT molecular complexity index is 526. The van der Waals surface area contributed by atoms with Crippen molar-refractivity contribution in [2.24, 2.45) is 0 Å². The van der Waals surface area contributed by atoms with Gasteiger partial charge in [0.2, 0.25) is 0 Å². The highest BCUT2D eigenvalue weighted by Crippen LogP contribution is 2.23. The van der Waals surface area contributed by atoms with E-state index in [9.17, 15) is 9.50 Å². The van der Waals surface area contributed by atoms with Crippen molar-refractivity contribution < 1.29 is 9.50 Å². The van der Waals surface area contributed by atoms with E-state index < -0.39 is 0 Å². The fourth-order valence-corrected chi connectivity index (χ4v) is 1.92. The van der Waals surface area contributed by atoms with Crippen molar-refractivity contribution in [2.75, 3.05) is 5.32 Å². The SMILES string of the molecule is Cc1cc(CNc2ccc(F)cc2)cc(C)c1O. The van der Waals surface area contributed by atoms with Crippen molar-refractivity contribution in [3.8, 4) is 5.75 Å². The molecule has 0 fully saturated rings. The van der Waals surface area contributed by atoms with Gasteiger partial charge in [0.15, 0.2) is 0 Å². The van der Waals surface area contributed by atoms with Gasteiger partial charge in [-0.05, 0) is 54.8 Å². The third kappa shape index (κ3) is 2.80. The summed E-state index contributed by atoms with van der Waals surface area (Å²) >= 11 is 0. The van der Waals surface area contributed by atoms with Crippen LogP contribution in [0.3, 0.4) is 0 Å². The van der Waals surface area contributed by atoms with Crippen LogP contribution in [-0.2, 0) is 6.54 Å². The lowest BCUT2D eigenvalue weighted by atomic mass is 10.1. The first-order valence-corrected chi connectivity index (χ1v) is 5.85.